The monoisotopic (exact) mass is 390 g/mol. The van der Waals surface area contributed by atoms with Crippen LogP contribution in [0.1, 0.15) is 35.5 Å². The number of benzene rings is 2. The zero-order valence-electron chi connectivity index (χ0n) is 16.7. The lowest BCUT2D eigenvalue weighted by Crippen LogP contribution is -2.28. The van der Waals surface area contributed by atoms with Crippen molar-refractivity contribution in [2.75, 3.05) is 0 Å². The van der Waals surface area contributed by atoms with Crippen molar-refractivity contribution in [3.05, 3.63) is 83.1 Å². The Hall–Kier alpha value is -3.41. The topological polar surface area (TPSA) is 62.7 Å². The molecule has 4 rings (SSSR count). The molecule has 29 heavy (non-hydrogen) atoms. The van der Waals surface area contributed by atoms with Gasteiger partial charge in [0.1, 0.15) is 5.82 Å². The molecule has 0 saturated heterocycles. The number of nitrogens with zero attached hydrogens (tertiary/aromatic N) is 2. The van der Waals surface area contributed by atoms with Crippen LogP contribution in [0.25, 0.3) is 16.6 Å². The third-order valence-electron chi connectivity index (χ3n) is 5.33. The third kappa shape index (κ3) is 3.66. The number of aryl methyl sites for hydroxylation is 1. The van der Waals surface area contributed by atoms with E-state index in [0.717, 1.165) is 39.1 Å². The number of H-pyrrole nitrogens is 1. The number of aromatic amines is 1. The molecule has 2 N–H and O–H groups in total. The summed E-state index contributed by atoms with van der Waals surface area (Å²) in [6.45, 7) is 5.88. The molecule has 2 aromatic carbocycles. The van der Waals surface area contributed by atoms with Crippen molar-refractivity contribution in [1.82, 2.24) is 20.1 Å². The van der Waals surface area contributed by atoms with E-state index in [1.54, 1.807) is 23.0 Å². The molecule has 2 aromatic heterocycles. The zero-order chi connectivity index (χ0) is 20.5. The maximum Gasteiger partial charge on any atom is 0.224 e. The second-order valence-electron chi connectivity index (χ2n) is 7.31. The van der Waals surface area contributed by atoms with Crippen molar-refractivity contribution in [3.63, 3.8) is 0 Å². The number of para-hydroxylation sites is 1. The fourth-order valence-corrected chi connectivity index (χ4v) is 3.78. The lowest BCUT2D eigenvalue weighted by molar-refractivity contribution is -0.121. The molecular weight excluding hydrogens is 367 g/mol. The van der Waals surface area contributed by atoms with Crippen molar-refractivity contribution in [3.8, 4) is 5.69 Å². The van der Waals surface area contributed by atoms with Crippen LogP contribution >= 0.6 is 0 Å². The number of amides is 1. The predicted molar refractivity (Wildman–Crippen MR) is 112 cm³/mol. The number of aromatic nitrogens is 3. The highest BCUT2D eigenvalue weighted by atomic mass is 19.1. The van der Waals surface area contributed by atoms with E-state index >= 15 is 0 Å². The van der Waals surface area contributed by atoms with E-state index in [1.165, 1.54) is 12.1 Å². The van der Waals surface area contributed by atoms with E-state index in [2.05, 4.69) is 15.4 Å². The summed E-state index contributed by atoms with van der Waals surface area (Å²) >= 11 is 0. The van der Waals surface area contributed by atoms with Gasteiger partial charge in [-0.3, -0.25) is 4.79 Å². The van der Waals surface area contributed by atoms with Crippen LogP contribution in [0.5, 0.6) is 0 Å². The van der Waals surface area contributed by atoms with Crippen LogP contribution in [0.15, 0.2) is 54.7 Å². The SMILES string of the molecule is Cc1[nH]c2ccccc2c1CC(=O)NC(C)c1cnn(-c2ccc(F)cc2)c1C. The van der Waals surface area contributed by atoms with Crippen LogP contribution in [-0.2, 0) is 11.2 Å². The summed E-state index contributed by atoms with van der Waals surface area (Å²) in [6, 6.07) is 14.0. The first-order chi connectivity index (χ1) is 13.9. The molecule has 1 atom stereocenters. The molecule has 0 saturated carbocycles. The first-order valence-electron chi connectivity index (χ1n) is 9.60. The number of rotatable bonds is 5. The molecular formula is C23H23FN4O. The van der Waals surface area contributed by atoms with E-state index in [0.29, 0.717) is 6.42 Å². The quantitative estimate of drug-likeness (QED) is 0.526. The van der Waals surface area contributed by atoms with Crippen LogP contribution in [-0.4, -0.2) is 20.7 Å². The summed E-state index contributed by atoms with van der Waals surface area (Å²) in [5.41, 5.74) is 5.68. The molecule has 0 spiro atoms. The number of nitrogens with one attached hydrogen (secondary N) is 2. The van der Waals surface area contributed by atoms with Crippen LogP contribution in [0, 0.1) is 19.7 Å². The Morgan fingerprint density at radius 1 is 1.17 bits per heavy atom. The van der Waals surface area contributed by atoms with Gasteiger partial charge in [0.15, 0.2) is 0 Å². The summed E-state index contributed by atoms with van der Waals surface area (Å²) in [7, 11) is 0. The Morgan fingerprint density at radius 2 is 1.90 bits per heavy atom. The van der Waals surface area contributed by atoms with Gasteiger partial charge in [0.05, 0.1) is 24.3 Å². The van der Waals surface area contributed by atoms with Gasteiger partial charge in [-0.05, 0) is 56.7 Å². The molecule has 4 aromatic rings. The first-order valence-corrected chi connectivity index (χ1v) is 9.60. The average molecular weight is 390 g/mol. The summed E-state index contributed by atoms with van der Waals surface area (Å²) in [5.74, 6) is -0.328. The number of halogens is 1. The van der Waals surface area contributed by atoms with Crippen LogP contribution in [0.4, 0.5) is 4.39 Å². The number of fused-ring (bicyclic) bond motifs is 1. The molecule has 0 aliphatic heterocycles. The van der Waals surface area contributed by atoms with Gasteiger partial charge < -0.3 is 10.3 Å². The van der Waals surface area contributed by atoms with Gasteiger partial charge in [0, 0.05) is 27.9 Å². The zero-order valence-corrected chi connectivity index (χ0v) is 16.7. The maximum absolute atomic E-state index is 13.2. The smallest absolute Gasteiger partial charge is 0.224 e. The Labute approximate surface area is 168 Å². The number of carbonyl (C=O) groups is 1. The van der Waals surface area contributed by atoms with Gasteiger partial charge in [0.25, 0.3) is 0 Å². The highest BCUT2D eigenvalue weighted by Gasteiger charge is 2.18. The molecule has 0 aliphatic rings. The second kappa shape index (κ2) is 7.54. The van der Waals surface area contributed by atoms with E-state index in [4.69, 9.17) is 0 Å². The third-order valence-corrected chi connectivity index (χ3v) is 5.33. The minimum Gasteiger partial charge on any atom is -0.358 e. The Balaban J connectivity index is 1.50. The van der Waals surface area contributed by atoms with Crippen LogP contribution in [0.2, 0.25) is 0 Å². The molecule has 6 heteroatoms. The van der Waals surface area contributed by atoms with Gasteiger partial charge >= 0.3 is 0 Å². The van der Waals surface area contributed by atoms with Crippen LogP contribution < -0.4 is 5.32 Å². The summed E-state index contributed by atoms with van der Waals surface area (Å²) < 4.78 is 14.9. The van der Waals surface area contributed by atoms with Crippen molar-refractivity contribution in [2.45, 2.75) is 33.2 Å². The lowest BCUT2D eigenvalue weighted by atomic mass is 10.1. The highest BCUT2D eigenvalue weighted by molar-refractivity contribution is 5.90. The Morgan fingerprint density at radius 3 is 2.66 bits per heavy atom. The van der Waals surface area contributed by atoms with E-state index in [9.17, 15) is 9.18 Å². The van der Waals surface area contributed by atoms with Crippen LogP contribution in [0.3, 0.4) is 0 Å². The summed E-state index contributed by atoms with van der Waals surface area (Å²) in [6.07, 6.45) is 2.06. The van der Waals surface area contributed by atoms with Gasteiger partial charge in [-0.1, -0.05) is 18.2 Å². The van der Waals surface area contributed by atoms with Gasteiger partial charge in [-0.25, -0.2) is 9.07 Å². The molecule has 0 fully saturated rings. The summed E-state index contributed by atoms with van der Waals surface area (Å²) in [5, 5.41) is 8.56. The Bertz CT molecular complexity index is 1170. The largest absolute Gasteiger partial charge is 0.358 e. The number of hydrogen-bond acceptors (Lipinski definition) is 2. The molecule has 5 nitrogen and oxygen atoms in total. The fraction of sp³-hybridized carbons (Fsp3) is 0.217. The molecule has 2 heterocycles. The first kappa shape index (κ1) is 18.9. The number of hydrogen-bond donors (Lipinski definition) is 2. The minimum atomic E-state index is -0.285. The van der Waals surface area contributed by atoms with Gasteiger partial charge in [0.2, 0.25) is 5.91 Å². The fourth-order valence-electron chi connectivity index (χ4n) is 3.78. The lowest BCUT2D eigenvalue weighted by Gasteiger charge is -2.14. The second-order valence-corrected chi connectivity index (χ2v) is 7.31. The highest BCUT2D eigenvalue weighted by Crippen LogP contribution is 2.24. The normalized spacial score (nSPS) is 12.3. The van der Waals surface area contributed by atoms with Gasteiger partial charge in [-0.2, -0.15) is 5.10 Å². The van der Waals surface area contributed by atoms with Crippen molar-refractivity contribution in [2.24, 2.45) is 0 Å². The summed E-state index contributed by atoms with van der Waals surface area (Å²) in [4.78, 5) is 16.1. The predicted octanol–water partition coefficient (Wildman–Crippen LogP) is 4.53. The molecule has 0 aliphatic carbocycles. The van der Waals surface area contributed by atoms with Crippen molar-refractivity contribution < 1.29 is 9.18 Å². The molecule has 1 amide bonds. The van der Waals surface area contributed by atoms with E-state index in [-0.39, 0.29) is 17.8 Å². The van der Waals surface area contributed by atoms with Gasteiger partial charge in [-0.15, -0.1) is 0 Å². The minimum absolute atomic E-state index is 0.0423. The van der Waals surface area contributed by atoms with Crippen molar-refractivity contribution >= 4 is 16.8 Å². The van der Waals surface area contributed by atoms with E-state index in [1.807, 2.05) is 45.0 Å². The molecule has 1 unspecified atom stereocenters. The van der Waals surface area contributed by atoms with Crippen molar-refractivity contribution in [1.29, 1.82) is 0 Å². The molecule has 0 bridgehead atoms. The maximum atomic E-state index is 13.2. The molecule has 0 radical (unpaired) electrons. The molecule has 148 valence electrons. The van der Waals surface area contributed by atoms with E-state index < -0.39 is 0 Å². The Kier molecular flexibility index (Phi) is 4.92. The number of carbonyl (C=O) groups excluding carboxylic acids is 1. The average Bonchev–Trinajstić information content (AvgIpc) is 3.23. The standard InChI is InChI=1S/C23H23FN4O/c1-14-20(19-6-4-5-7-22(19)26-14)12-23(29)27-15(2)21-13-25-28(16(21)3)18-10-8-17(24)9-11-18/h4-11,13,15,26H,12H2,1-3H3,(H,27,29).